The molecule has 3 rings (SSSR count). The number of benzene rings is 2. The van der Waals surface area contributed by atoms with Gasteiger partial charge in [0.25, 0.3) is 0 Å². The molecule has 0 amide bonds. The number of esters is 1. The summed E-state index contributed by atoms with van der Waals surface area (Å²) in [5, 5.41) is 0. The topological polar surface area (TPSA) is 48.4 Å². The SMILES string of the molecule is C=C[C@H](c1cncs1)[C@H](C(=O)Oc1c(F)c(F)c(F)c(F)c1F)c1ccc(OC)cc1. The van der Waals surface area contributed by atoms with Crippen molar-refractivity contribution >= 4 is 17.3 Å². The van der Waals surface area contributed by atoms with Crippen LogP contribution < -0.4 is 9.47 Å². The first-order valence-electron chi connectivity index (χ1n) is 8.68. The number of allylic oxidation sites excluding steroid dienone is 1. The minimum atomic E-state index is -2.35. The Morgan fingerprint density at radius 2 is 1.61 bits per heavy atom. The van der Waals surface area contributed by atoms with Gasteiger partial charge in [-0.15, -0.1) is 17.9 Å². The number of rotatable bonds is 7. The van der Waals surface area contributed by atoms with Gasteiger partial charge in [0.1, 0.15) is 5.75 Å². The van der Waals surface area contributed by atoms with Crippen molar-refractivity contribution in [1.82, 2.24) is 4.98 Å². The first-order chi connectivity index (χ1) is 14.8. The molecule has 0 aliphatic heterocycles. The first-order valence-corrected chi connectivity index (χ1v) is 9.56. The molecule has 0 N–H and O–H groups in total. The van der Waals surface area contributed by atoms with Crippen molar-refractivity contribution in [2.75, 3.05) is 7.11 Å². The van der Waals surface area contributed by atoms with Crippen molar-refractivity contribution in [3.05, 3.63) is 88.2 Å². The maximum atomic E-state index is 14.0. The Balaban J connectivity index is 2.07. The second kappa shape index (κ2) is 9.25. The molecule has 0 unspecified atom stereocenters. The van der Waals surface area contributed by atoms with Gasteiger partial charge in [0, 0.05) is 17.0 Å². The summed E-state index contributed by atoms with van der Waals surface area (Å²) in [6, 6.07) is 6.11. The van der Waals surface area contributed by atoms with Crippen LogP contribution in [-0.2, 0) is 4.79 Å². The van der Waals surface area contributed by atoms with Crippen molar-refractivity contribution in [3.8, 4) is 11.5 Å². The van der Waals surface area contributed by atoms with Crippen LogP contribution >= 0.6 is 11.3 Å². The van der Waals surface area contributed by atoms with Gasteiger partial charge in [-0.1, -0.05) is 18.2 Å². The van der Waals surface area contributed by atoms with Crippen LogP contribution in [0.5, 0.6) is 11.5 Å². The van der Waals surface area contributed by atoms with Crippen molar-refractivity contribution in [2.24, 2.45) is 0 Å². The number of carbonyl (C=O) groups excluding carboxylic acids is 1. The summed E-state index contributed by atoms with van der Waals surface area (Å²) in [6.45, 7) is 3.69. The van der Waals surface area contributed by atoms with Crippen LogP contribution in [0, 0.1) is 29.1 Å². The predicted octanol–water partition coefficient (Wildman–Crippen LogP) is 5.51. The molecule has 2 atom stereocenters. The normalized spacial score (nSPS) is 12.8. The molecule has 0 bridgehead atoms. The fraction of sp³-hybridized carbons (Fsp3) is 0.143. The molecule has 1 aromatic heterocycles. The van der Waals surface area contributed by atoms with Gasteiger partial charge >= 0.3 is 5.97 Å². The molecular formula is C21H14F5NO3S. The smallest absolute Gasteiger partial charge is 0.319 e. The van der Waals surface area contributed by atoms with Crippen molar-refractivity contribution in [2.45, 2.75) is 11.8 Å². The summed E-state index contributed by atoms with van der Waals surface area (Å²) >= 11 is 1.19. The van der Waals surface area contributed by atoms with Gasteiger partial charge < -0.3 is 9.47 Å². The molecule has 0 saturated heterocycles. The minimum Gasteiger partial charge on any atom is -0.497 e. The highest BCUT2D eigenvalue weighted by molar-refractivity contribution is 7.09. The van der Waals surface area contributed by atoms with E-state index in [0.717, 1.165) is 0 Å². The fourth-order valence-corrected chi connectivity index (χ4v) is 3.70. The van der Waals surface area contributed by atoms with Crippen LogP contribution in [0.2, 0.25) is 0 Å². The van der Waals surface area contributed by atoms with Crippen LogP contribution in [0.25, 0.3) is 0 Å². The minimum absolute atomic E-state index is 0.341. The molecule has 0 saturated carbocycles. The number of aromatic nitrogens is 1. The van der Waals surface area contributed by atoms with Crippen LogP contribution in [-0.4, -0.2) is 18.1 Å². The lowest BCUT2D eigenvalue weighted by molar-refractivity contribution is -0.136. The molecule has 162 valence electrons. The van der Waals surface area contributed by atoms with E-state index in [1.54, 1.807) is 12.1 Å². The molecule has 3 aromatic rings. The highest BCUT2D eigenvalue weighted by atomic mass is 32.1. The molecule has 0 spiro atoms. The second-order valence-electron chi connectivity index (χ2n) is 6.24. The Morgan fingerprint density at radius 1 is 1.03 bits per heavy atom. The molecule has 4 nitrogen and oxygen atoms in total. The molecule has 31 heavy (non-hydrogen) atoms. The van der Waals surface area contributed by atoms with E-state index in [1.165, 1.54) is 48.4 Å². The maximum absolute atomic E-state index is 14.0. The molecule has 0 radical (unpaired) electrons. The lowest BCUT2D eigenvalue weighted by Crippen LogP contribution is -2.25. The Labute approximate surface area is 177 Å². The van der Waals surface area contributed by atoms with Gasteiger partial charge in [-0.2, -0.15) is 8.78 Å². The lowest BCUT2D eigenvalue weighted by Gasteiger charge is -2.23. The van der Waals surface area contributed by atoms with Gasteiger partial charge in [0.2, 0.25) is 34.8 Å². The summed E-state index contributed by atoms with van der Waals surface area (Å²) in [5.74, 6) is -15.7. The highest BCUT2D eigenvalue weighted by Gasteiger charge is 2.35. The average molecular weight is 455 g/mol. The fourth-order valence-electron chi connectivity index (χ4n) is 2.95. The van der Waals surface area contributed by atoms with Crippen LogP contribution in [0.1, 0.15) is 22.3 Å². The van der Waals surface area contributed by atoms with E-state index in [2.05, 4.69) is 11.6 Å². The summed E-state index contributed by atoms with van der Waals surface area (Å²) in [5.41, 5.74) is 1.85. The van der Waals surface area contributed by atoms with E-state index >= 15 is 0 Å². The third kappa shape index (κ3) is 4.29. The van der Waals surface area contributed by atoms with Crippen molar-refractivity contribution in [3.63, 3.8) is 0 Å². The second-order valence-corrected chi connectivity index (χ2v) is 7.15. The van der Waals surface area contributed by atoms with Gasteiger partial charge in [0.15, 0.2) is 0 Å². The molecule has 0 aliphatic rings. The number of hydrogen-bond donors (Lipinski definition) is 0. The zero-order valence-electron chi connectivity index (χ0n) is 15.9. The Kier molecular flexibility index (Phi) is 6.69. The van der Waals surface area contributed by atoms with Crippen LogP contribution in [0.4, 0.5) is 22.0 Å². The Hall–Kier alpha value is -3.27. The van der Waals surface area contributed by atoms with E-state index in [9.17, 15) is 26.7 Å². The number of halogens is 5. The average Bonchev–Trinajstić information content (AvgIpc) is 3.32. The zero-order valence-corrected chi connectivity index (χ0v) is 16.7. The number of nitrogens with zero attached hydrogens (tertiary/aromatic N) is 1. The summed E-state index contributed by atoms with van der Waals surface area (Å²) in [4.78, 5) is 17.5. The molecule has 0 aliphatic carbocycles. The number of carbonyl (C=O) groups is 1. The van der Waals surface area contributed by atoms with Gasteiger partial charge in [-0.3, -0.25) is 9.78 Å². The third-order valence-electron chi connectivity index (χ3n) is 4.49. The third-order valence-corrected chi connectivity index (χ3v) is 5.37. The summed E-state index contributed by atoms with van der Waals surface area (Å²) in [7, 11) is 1.44. The van der Waals surface area contributed by atoms with Crippen LogP contribution in [0.3, 0.4) is 0 Å². The van der Waals surface area contributed by atoms with Crippen LogP contribution in [0.15, 0.2) is 48.6 Å². The van der Waals surface area contributed by atoms with Gasteiger partial charge in [-0.05, 0) is 17.7 Å². The van der Waals surface area contributed by atoms with Gasteiger partial charge in [-0.25, -0.2) is 13.2 Å². The summed E-state index contributed by atoms with van der Waals surface area (Å²) < 4.78 is 78.2. The summed E-state index contributed by atoms with van der Waals surface area (Å²) in [6.07, 6.45) is 2.88. The Morgan fingerprint density at radius 3 is 2.10 bits per heavy atom. The van der Waals surface area contributed by atoms with E-state index < -0.39 is 52.6 Å². The Bertz CT molecular complexity index is 1070. The number of methoxy groups -OCH3 is 1. The molecular weight excluding hydrogens is 441 g/mol. The number of hydrogen-bond acceptors (Lipinski definition) is 5. The monoisotopic (exact) mass is 455 g/mol. The predicted molar refractivity (Wildman–Crippen MR) is 103 cm³/mol. The first kappa shape index (κ1) is 22.4. The molecule has 2 aromatic carbocycles. The van der Waals surface area contributed by atoms with E-state index in [4.69, 9.17) is 9.47 Å². The zero-order chi connectivity index (χ0) is 22.7. The largest absolute Gasteiger partial charge is 0.497 e. The molecule has 0 fully saturated rings. The number of ether oxygens (including phenoxy) is 2. The van der Waals surface area contributed by atoms with Crippen molar-refractivity contribution < 1.29 is 36.2 Å². The molecule has 10 heteroatoms. The van der Waals surface area contributed by atoms with E-state index in [0.29, 0.717) is 16.2 Å². The number of thiazole rings is 1. The van der Waals surface area contributed by atoms with E-state index in [-0.39, 0.29) is 0 Å². The standard InChI is InChI=1S/C21H14F5NO3S/c1-3-12(13-8-27-9-31-13)14(10-4-6-11(29-2)7-5-10)21(28)30-20-18(25)16(23)15(22)17(24)19(20)26/h3-9,12,14H,1H2,2H3/t12-,14-/m1/s1. The van der Waals surface area contributed by atoms with E-state index in [1.807, 2.05) is 0 Å². The molecule has 1 heterocycles. The maximum Gasteiger partial charge on any atom is 0.319 e. The van der Waals surface area contributed by atoms with Gasteiger partial charge in [0.05, 0.1) is 18.5 Å². The quantitative estimate of drug-likeness (QED) is 0.118. The van der Waals surface area contributed by atoms with Crippen molar-refractivity contribution in [1.29, 1.82) is 0 Å². The highest BCUT2D eigenvalue weighted by Crippen LogP contribution is 2.39. The lowest BCUT2D eigenvalue weighted by atomic mass is 9.85.